The topological polar surface area (TPSA) is 125 Å². The molecule has 34 heavy (non-hydrogen) atoms. The number of rotatable bonds is 8. The van der Waals surface area contributed by atoms with Gasteiger partial charge in [-0.25, -0.2) is 17.8 Å². The number of sulfone groups is 1. The summed E-state index contributed by atoms with van der Waals surface area (Å²) in [6, 6.07) is 6.80. The molecular formula is C24H31FN4O4S. The molecule has 0 spiro atoms. The third-order valence-corrected chi connectivity index (χ3v) is 8.11. The fraction of sp³-hybridized carbons (Fsp3) is 0.542. The summed E-state index contributed by atoms with van der Waals surface area (Å²) >= 11 is 0. The molecule has 8 nitrogen and oxygen atoms in total. The van der Waals surface area contributed by atoms with Gasteiger partial charge in [0.1, 0.15) is 27.5 Å². The maximum atomic E-state index is 14.9. The number of nitriles is 1. The Morgan fingerprint density at radius 1 is 1.35 bits per heavy atom. The average molecular weight is 491 g/mol. The van der Waals surface area contributed by atoms with E-state index in [1.165, 1.54) is 16.9 Å². The third kappa shape index (κ3) is 5.47. The van der Waals surface area contributed by atoms with Crippen LogP contribution in [0.3, 0.4) is 0 Å². The Kier molecular flexibility index (Phi) is 7.78. The SMILES string of the molecule is CCCc1ccc(-n2c(CC)nc(C(=O)NCC3(O)CCC(S(C)(=O)=O)CC3)c2C#N)c(F)c1. The van der Waals surface area contributed by atoms with Gasteiger partial charge in [-0.15, -0.1) is 0 Å². The van der Waals surface area contributed by atoms with Crippen molar-refractivity contribution in [2.75, 3.05) is 12.8 Å². The molecule has 1 aliphatic rings. The van der Waals surface area contributed by atoms with Crippen LogP contribution in [0, 0.1) is 17.1 Å². The lowest BCUT2D eigenvalue weighted by atomic mass is 9.84. The Balaban J connectivity index is 1.82. The van der Waals surface area contributed by atoms with Gasteiger partial charge in [-0.05, 0) is 49.8 Å². The van der Waals surface area contributed by atoms with E-state index in [2.05, 4.69) is 10.3 Å². The zero-order chi connectivity index (χ0) is 25.1. The van der Waals surface area contributed by atoms with Gasteiger partial charge in [0, 0.05) is 19.2 Å². The first-order chi connectivity index (χ1) is 16.0. The standard InChI is InChI=1S/C24H31FN4O4S/c1-4-6-16-7-8-19(18(25)13-16)29-20(14-26)22(28-21(29)5-2)23(30)27-15-24(31)11-9-17(10-12-24)34(3,32)33/h7-8,13,17,31H,4-6,9-12,15H2,1-3H3,(H,27,30). The molecule has 3 rings (SSSR count). The second-order valence-corrected chi connectivity index (χ2v) is 11.3. The number of hydrogen-bond donors (Lipinski definition) is 2. The number of nitrogens with one attached hydrogen (secondary N) is 1. The highest BCUT2D eigenvalue weighted by atomic mass is 32.2. The Morgan fingerprint density at radius 2 is 2.03 bits per heavy atom. The van der Waals surface area contributed by atoms with Gasteiger partial charge in [-0.1, -0.05) is 26.3 Å². The first-order valence-corrected chi connectivity index (χ1v) is 13.5. The lowest BCUT2D eigenvalue weighted by Gasteiger charge is -2.35. The normalized spacial score (nSPS) is 20.6. The quantitative estimate of drug-likeness (QED) is 0.586. The first kappa shape index (κ1) is 25.8. The number of hydrogen-bond acceptors (Lipinski definition) is 6. The molecule has 0 bridgehead atoms. The van der Waals surface area contributed by atoms with Gasteiger partial charge >= 0.3 is 0 Å². The first-order valence-electron chi connectivity index (χ1n) is 11.5. The van der Waals surface area contributed by atoms with Gasteiger partial charge in [0.2, 0.25) is 0 Å². The van der Waals surface area contributed by atoms with Crippen LogP contribution in [0.15, 0.2) is 18.2 Å². The maximum Gasteiger partial charge on any atom is 0.273 e. The van der Waals surface area contributed by atoms with Crippen molar-refractivity contribution >= 4 is 15.7 Å². The van der Waals surface area contributed by atoms with E-state index < -0.39 is 32.4 Å². The molecule has 2 N–H and O–H groups in total. The minimum Gasteiger partial charge on any atom is -0.388 e. The molecule has 2 aromatic rings. The van der Waals surface area contributed by atoms with Crippen LogP contribution in [0.25, 0.3) is 5.69 Å². The van der Waals surface area contributed by atoms with E-state index in [9.17, 15) is 28.0 Å². The molecule has 1 fully saturated rings. The number of aromatic nitrogens is 2. The van der Waals surface area contributed by atoms with Crippen molar-refractivity contribution in [3.05, 3.63) is 46.8 Å². The minimum absolute atomic E-state index is 0.0794. The zero-order valence-electron chi connectivity index (χ0n) is 19.8. The van der Waals surface area contributed by atoms with Gasteiger partial charge in [0.05, 0.1) is 16.5 Å². The predicted molar refractivity (Wildman–Crippen MR) is 126 cm³/mol. The summed E-state index contributed by atoms with van der Waals surface area (Å²) in [5, 5.41) is 22.8. The minimum atomic E-state index is -3.18. The van der Waals surface area contributed by atoms with Crippen molar-refractivity contribution in [1.29, 1.82) is 5.26 Å². The van der Waals surface area contributed by atoms with Crippen LogP contribution in [0.4, 0.5) is 4.39 Å². The Morgan fingerprint density at radius 3 is 2.56 bits per heavy atom. The lowest BCUT2D eigenvalue weighted by Crippen LogP contribution is -2.47. The number of amides is 1. The average Bonchev–Trinajstić information content (AvgIpc) is 3.16. The summed E-state index contributed by atoms with van der Waals surface area (Å²) in [5.41, 5.74) is -0.454. The van der Waals surface area contributed by atoms with Crippen LogP contribution in [0.1, 0.15) is 73.5 Å². The van der Waals surface area contributed by atoms with Crippen LogP contribution in [-0.2, 0) is 22.7 Å². The number of carbonyl (C=O) groups excluding carboxylic acids is 1. The molecule has 0 radical (unpaired) electrons. The molecular weight excluding hydrogens is 459 g/mol. The molecule has 1 heterocycles. The number of aliphatic hydroxyl groups is 1. The van der Waals surface area contributed by atoms with Crippen LogP contribution >= 0.6 is 0 Å². The summed E-state index contributed by atoms with van der Waals surface area (Å²) in [4.78, 5) is 17.2. The molecule has 0 saturated heterocycles. The molecule has 1 aliphatic carbocycles. The van der Waals surface area contributed by atoms with E-state index in [-0.39, 0.29) is 36.5 Å². The number of imidazole rings is 1. The summed E-state index contributed by atoms with van der Waals surface area (Å²) in [6.45, 7) is 3.71. The highest BCUT2D eigenvalue weighted by molar-refractivity contribution is 7.91. The van der Waals surface area contributed by atoms with Crippen molar-refractivity contribution in [3.8, 4) is 11.8 Å². The van der Waals surface area contributed by atoms with Crippen molar-refractivity contribution in [2.45, 2.75) is 69.6 Å². The largest absolute Gasteiger partial charge is 0.388 e. The molecule has 184 valence electrons. The molecule has 0 aliphatic heterocycles. The summed E-state index contributed by atoms with van der Waals surface area (Å²) in [7, 11) is -3.18. The van der Waals surface area contributed by atoms with Crippen LogP contribution < -0.4 is 5.32 Å². The Labute approximate surface area is 199 Å². The number of carbonyl (C=O) groups is 1. The fourth-order valence-electron chi connectivity index (χ4n) is 4.46. The molecule has 1 saturated carbocycles. The summed E-state index contributed by atoms with van der Waals surface area (Å²) in [6.07, 6.45) is 4.27. The van der Waals surface area contributed by atoms with Crippen LogP contribution in [-0.4, -0.2) is 52.6 Å². The van der Waals surface area contributed by atoms with Crippen molar-refractivity contribution in [2.24, 2.45) is 0 Å². The second kappa shape index (κ2) is 10.2. The monoisotopic (exact) mass is 490 g/mol. The fourth-order valence-corrected chi connectivity index (χ4v) is 5.55. The van der Waals surface area contributed by atoms with Crippen LogP contribution in [0.2, 0.25) is 0 Å². The Bertz CT molecular complexity index is 1210. The molecule has 0 atom stereocenters. The molecule has 1 aromatic carbocycles. The van der Waals surface area contributed by atoms with Crippen molar-refractivity contribution in [1.82, 2.24) is 14.9 Å². The van der Waals surface area contributed by atoms with Crippen molar-refractivity contribution in [3.63, 3.8) is 0 Å². The number of nitrogens with zero attached hydrogens (tertiary/aromatic N) is 3. The maximum absolute atomic E-state index is 14.9. The smallest absolute Gasteiger partial charge is 0.273 e. The molecule has 10 heteroatoms. The van der Waals surface area contributed by atoms with Gasteiger partial charge in [-0.2, -0.15) is 5.26 Å². The van der Waals surface area contributed by atoms with E-state index in [4.69, 9.17) is 0 Å². The molecule has 1 amide bonds. The summed E-state index contributed by atoms with van der Waals surface area (Å²) < 4.78 is 39.8. The Hall–Kier alpha value is -2.77. The summed E-state index contributed by atoms with van der Waals surface area (Å²) in [5.74, 6) is -0.777. The van der Waals surface area contributed by atoms with E-state index in [1.54, 1.807) is 19.1 Å². The molecule has 0 unspecified atom stereocenters. The highest BCUT2D eigenvalue weighted by Gasteiger charge is 2.37. The van der Waals surface area contributed by atoms with Gasteiger partial charge < -0.3 is 10.4 Å². The van der Waals surface area contributed by atoms with Crippen LogP contribution in [0.5, 0.6) is 0 Å². The highest BCUT2D eigenvalue weighted by Crippen LogP contribution is 2.31. The third-order valence-electron chi connectivity index (χ3n) is 6.42. The van der Waals surface area contributed by atoms with Gasteiger partial charge in [0.15, 0.2) is 11.4 Å². The lowest BCUT2D eigenvalue weighted by molar-refractivity contribution is 0.00607. The van der Waals surface area contributed by atoms with E-state index in [0.717, 1.165) is 18.4 Å². The van der Waals surface area contributed by atoms with E-state index in [1.807, 2.05) is 13.0 Å². The number of halogens is 1. The van der Waals surface area contributed by atoms with Gasteiger partial charge in [0.25, 0.3) is 5.91 Å². The number of aryl methyl sites for hydroxylation is 2. The van der Waals surface area contributed by atoms with Gasteiger partial charge in [-0.3, -0.25) is 9.36 Å². The predicted octanol–water partition coefficient (Wildman–Crippen LogP) is 2.85. The second-order valence-electron chi connectivity index (χ2n) is 9.00. The number of benzene rings is 1. The molecule has 1 aromatic heterocycles. The van der Waals surface area contributed by atoms with E-state index in [0.29, 0.717) is 25.1 Å². The van der Waals surface area contributed by atoms with E-state index >= 15 is 0 Å². The zero-order valence-corrected chi connectivity index (χ0v) is 20.6. The van der Waals surface area contributed by atoms with Crippen molar-refractivity contribution < 1.29 is 22.7 Å².